The molecular weight excluding hydrogens is 496 g/mol. The van der Waals surface area contributed by atoms with Crippen LogP contribution in [0, 0.1) is 9.39 Å². The number of rotatable bonds is 7. The number of carbonyl (C=O) groups is 1. The van der Waals surface area contributed by atoms with Gasteiger partial charge in [-0.3, -0.25) is 4.79 Å². The Morgan fingerprint density at radius 1 is 1.39 bits per heavy atom. The minimum absolute atomic E-state index is 0.167. The number of hydrogen-bond donors (Lipinski definition) is 2. The fourth-order valence-corrected chi connectivity index (χ4v) is 4.29. The van der Waals surface area contributed by atoms with Crippen molar-refractivity contribution in [3.63, 3.8) is 0 Å². The van der Waals surface area contributed by atoms with Crippen molar-refractivity contribution in [1.82, 2.24) is 14.5 Å². The molecule has 0 radical (unpaired) electrons. The van der Waals surface area contributed by atoms with Gasteiger partial charge in [-0.1, -0.05) is 23.9 Å². The van der Waals surface area contributed by atoms with Crippen LogP contribution in [0.25, 0.3) is 11.0 Å². The quantitative estimate of drug-likeness (QED) is 0.282. The molecule has 2 N–H and O–H groups in total. The smallest absolute Gasteiger partial charge is 0.307 e. The van der Waals surface area contributed by atoms with Crippen molar-refractivity contribution in [2.45, 2.75) is 43.3 Å². The van der Waals surface area contributed by atoms with E-state index in [1.807, 2.05) is 10.8 Å². The van der Waals surface area contributed by atoms with Gasteiger partial charge in [-0.25, -0.2) is 14.4 Å². The number of carboxylic acid groups (broad SMARTS) is 1. The van der Waals surface area contributed by atoms with Crippen molar-refractivity contribution >= 4 is 51.4 Å². The molecular formula is C19H19FIN3O3S. The number of fused-ring (bicyclic) bond motifs is 1. The minimum atomic E-state index is -1.07. The van der Waals surface area contributed by atoms with Gasteiger partial charge in [-0.2, -0.15) is 0 Å². The average molecular weight is 515 g/mol. The Hall–Kier alpha value is -1.72. The van der Waals surface area contributed by atoms with E-state index >= 15 is 0 Å². The predicted octanol–water partition coefficient (Wildman–Crippen LogP) is 3.87. The van der Waals surface area contributed by atoms with Gasteiger partial charge in [0, 0.05) is 11.9 Å². The molecule has 6 nitrogen and oxygen atoms in total. The summed E-state index contributed by atoms with van der Waals surface area (Å²) in [5, 5.41) is 19.5. The molecule has 2 heterocycles. The number of nitrogens with zero attached hydrogens (tertiary/aromatic N) is 3. The number of aliphatic hydroxyl groups is 1. The molecule has 0 fully saturated rings. The molecule has 0 aliphatic carbocycles. The van der Waals surface area contributed by atoms with E-state index in [0.29, 0.717) is 17.5 Å². The Kier molecular flexibility index (Phi) is 6.25. The van der Waals surface area contributed by atoms with E-state index in [1.165, 1.54) is 17.8 Å². The lowest BCUT2D eigenvalue weighted by molar-refractivity contribution is -0.136. The zero-order valence-electron chi connectivity index (χ0n) is 15.3. The van der Waals surface area contributed by atoms with Crippen LogP contribution >= 0.6 is 34.4 Å². The highest BCUT2D eigenvalue weighted by molar-refractivity contribution is 14.1. The minimum Gasteiger partial charge on any atom is -0.481 e. The topological polar surface area (TPSA) is 88.2 Å². The Balaban J connectivity index is 1.78. The van der Waals surface area contributed by atoms with Crippen LogP contribution in [0.4, 0.5) is 4.39 Å². The molecule has 0 amide bonds. The van der Waals surface area contributed by atoms with Crippen molar-refractivity contribution in [3.05, 3.63) is 51.1 Å². The normalized spacial score (nSPS) is 11.9. The van der Waals surface area contributed by atoms with E-state index in [9.17, 15) is 14.3 Å². The molecule has 0 aliphatic rings. The van der Waals surface area contributed by atoms with E-state index in [2.05, 4.69) is 32.6 Å². The lowest BCUT2D eigenvalue weighted by Crippen LogP contribution is -2.25. The highest BCUT2D eigenvalue weighted by atomic mass is 127. The van der Waals surface area contributed by atoms with E-state index < -0.39 is 17.4 Å². The summed E-state index contributed by atoms with van der Waals surface area (Å²) in [5.41, 5.74) is 1.79. The number of carboxylic acids is 1. The van der Waals surface area contributed by atoms with Gasteiger partial charge in [0.15, 0.2) is 5.16 Å². The first-order chi connectivity index (χ1) is 13.1. The Bertz CT molecular complexity index is 1030. The first-order valence-corrected chi connectivity index (χ1v) is 10.5. The third kappa shape index (κ3) is 5.21. The van der Waals surface area contributed by atoms with Crippen LogP contribution in [0.2, 0.25) is 0 Å². The summed E-state index contributed by atoms with van der Waals surface area (Å²) in [5.74, 6) is -1.08. The van der Waals surface area contributed by atoms with E-state index in [4.69, 9.17) is 5.11 Å². The molecule has 0 aliphatic heterocycles. The lowest BCUT2D eigenvalue weighted by atomic mass is 10.1. The maximum atomic E-state index is 13.7. The zero-order chi connectivity index (χ0) is 20.5. The number of halogens is 2. The summed E-state index contributed by atoms with van der Waals surface area (Å²) < 4.78 is 16.6. The fourth-order valence-electron chi connectivity index (χ4n) is 2.79. The first kappa shape index (κ1) is 21.0. The number of aliphatic carboxylic acids is 1. The first-order valence-electron chi connectivity index (χ1n) is 8.48. The highest BCUT2D eigenvalue weighted by Crippen LogP contribution is 2.27. The molecule has 0 saturated carbocycles. The van der Waals surface area contributed by atoms with Crippen molar-refractivity contribution in [2.24, 2.45) is 0 Å². The maximum absolute atomic E-state index is 13.7. The average Bonchev–Trinajstić information content (AvgIpc) is 2.89. The molecule has 1 aromatic carbocycles. The zero-order valence-corrected chi connectivity index (χ0v) is 18.3. The maximum Gasteiger partial charge on any atom is 0.307 e. The van der Waals surface area contributed by atoms with Crippen LogP contribution < -0.4 is 0 Å². The summed E-state index contributed by atoms with van der Waals surface area (Å²) in [6.07, 6.45) is 3.32. The summed E-state index contributed by atoms with van der Waals surface area (Å²) >= 11 is 3.61. The molecule has 0 spiro atoms. The largest absolute Gasteiger partial charge is 0.481 e. The van der Waals surface area contributed by atoms with Crippen molar-refractivity contribution in [3.8, 4) is 0 Å². The molecule has 0 bridgehead atoms. The van der Waals surface area contributed by atoms with Crippen LogP contribution in [0.5, 0.6) is 0 Å². The molecule has 0 saturated heterocycles. The monoisotopic (exact) mass is 515 g/mol. The van der Waals surface area contributed by atoms with Gasteiger partial charge >= 0.3 is 5.97 Å². The van der Waals surface area contributed by atoms with Crippen LogP contribution in [0.1, 0.15) is 25.0 Å². The summed E-state index contributed by atoms with van der Waals surface area (Å²) in [7, 11) is 0. The SMILES string of the molecule is CC(C)(O)Cn1cc(I)c2nc(SCc3ccc(F)c(CC(=O)O)c3)ncc21. The van der Waals surface area contributed by atoms with Crippen LogP contribution in [-0.4, -0.2) is 36.3 Å². The molecule has 9 heteroatoms. The van der Waals surface area contributed by atoms with Gasteiger partial charge in [0.1, 0.15) is 11.3 Å². The van der Waals surface area contributed by atoms with Gasteiger partial charge in [-0.15, -0.1) is 0 Å². The molecule has 3 aromatic rings. The molecule has 148 valence electrons. The van der Waals surface area contributed by atoms with Crippen molar-refractivity contribution < 1.29 is 19.4 Å². The van der Waals surface area contributed by atoms with Gasteiger partial charge in [0.2, 0.25) is 0 Å². The van der Waals surface area contributed by atoms with Gasteiger partial charge < -0.3 is 14.8 Å². The second kappa shape index (κ2) is 8.34. The second-order valence-corrected chi connectivity index (χ2v) is 9.19. The second-order valence-electron chi connectivity index (χ2n) is 7.09. The van der Waals surface area contributed by atoms with Gasteiger partial charge in [-0.05, 0) is 53.6 Å². The van der Waals surface area contributed by atoms with Crippen molar-refractivity contribution in [1.29, 1.82) is 0 Å². The lowest BCUT2D eigenvalue weighted by Gasteiger charge is -2.18. The third-order valence-corrected chi connectivity index (χ3v) is 5.65. The van der Waals surface area contributed by atoms with Gasteiger partial charge in [0.25, 0.3) is 0 Å². The van der Waals surface area contributed by atoms with Crippen LogP contribution in [0.3, 0.4) is 0 Å². The fraction of sp³-hybridized carbons (Fsp3) is 0.316. The third-order valence-electron chi connectivity index (χ3n) is 3.93. The number of aromatic nitrogens is 3. The van der Waals surface area contributed by atoms with Crippen LogP contribution in [-0.2, 0) is 23.5 Å². The van der Waals surface area contributed by atoms with E-state index in [-0.39, 0.29) is 12.0 Å². The van der Waals surface area contributed by atoms with Gasteiger partial charge in [0.05, 0.1) is 33.9 Å². The number of thioether (sulfide) groups is 1. The molecule has 0 unspecified atom stereocenters. The van der Waals surface area contributed by atoms with E-state index in [1.54, 1.807) is 32.2 Å². The Morgan fingerprint density at radius 3 is 2.82 bits per heavy atom. The van der Waals surface area contributed by atoms with E-state index in [0.717, 1.165) is 20.2 Å². The summed E-state index contributed by atoms with van der Waals surface area (Å²) in [6.45, 7) is 3.93. The standard InChI is InChI=1S/C19H19FIN3O3S/c1-19(2,27)10-24-8-14(21)17-15(24)7-22-18(23-17)28-9-11-3-4-13(20)12(5-11)6-16(25)26/h3-5,7-8,27H,6,9-10H2,1-2H3,(H,25,26). The highest BCUT2D eigenvalue weighted by Gasteiger charge is 2.17. The molecule has 0 atom stereocenters. The van der Waals surface area contributed by atoms with Crippen LogP contribution in [0.15, 0.2) is 35.7 Å². The molecule has 28 heavy (non-hydrogen) atoms. The Labute approximate surface area is 179 Å². The Morgan fingerprint density at radius 2 is 2.14 bits per heavy atom. The summed E-state index contributed by atoms with van der Waals surface area (Å²) in [6, 6.07) is 4.49. The molecule has 2 aromatic heterocycles. The summed E-state index contributed by atoms with van der Waals surface area (Å²) in [4.78, 5) is 19.8. The number of benzene rings is 1. The number of hydrogen-bond acceptors (Lipinski definition) is 5. The molecule has 3 rings (SSSR count). The predicted molar refractivity (Wildman–Crippen MR) is 114 cm³/mol. The van der Waals surface area contributed by atoms with Crippen molar-refractivity contribution in [2.75, 3.05) is 0 Å².